The Bertz CT molecular complexity index is 595. The lowest BCUT2D eigenvalue weighted by molar-refractivity contribution is -0.0522. The van der Waals surface area contributed by atoms with E-state index in [1.165, 1.54) is 0 Å². The normalized spacial score (nSPS) is 18.8. The van der Waals surface area contributed by atoms with Gasteiger partial charge in [-0.05, 0) is 37.6 Å². The molecular formula is C12H16ClF3N2O3S. The van der Waals surface area contributed by atoms with Crippen molar-refractivity contribution in [2.45, 2.75) is 30.4 Å². The van der Waals surface area contributed by atoms with Gasteiger partial charge < -0.3 is 10.1 Å². The number of hydrogen-bond donors (Lipinski definition) is 2. The highest BCUT2D eigenvalue weighted by atomic mass is 35.5. The molecule has 1 aromatic carbocycles. The molecule has 1 aliphatic heterocycles. The zero-order valence-corrected chi connectivity index (χ0v) is 13.0. The Labute approximate surface area is 132 Å². The molecule has 0 radical (unpaired) electrons. The highest BCUT2D eigenvalue weighted by Crippen LogP contribution is 2.23. The summed E-state index contributed by atoms with van der Waals surface area (Å²) >= 11 is 0. The van der Waals surface area contributed by atoms with Crippen LogP contribution in [-0.4, -0.2) is 34.2 Å². The van der Waals surface area contributed by atoms with Gasteiger partial charge in [0, 0.05) is 12.6 Å². The van der Waals surface area contributed by atoms with Gasteiger partial charge in [0.1, 0.15) is 0 Å². The van der Waals surface area contributed by atoms with E-state index < -0.39 is 28.2 Å². The minimum Gasteiger partial charge on any atom is -0.432 e. The average Bonchev–Trinajstić information content (AvgIpc) is 2.41. The van der Waals surface area contributed by atoms with Crippen LogP contribution in [0.25, 0.3) is 0 Å². The van der Waals surface area contributed by atoms with Crippen LogP contribution in [0, 0.1) is 5.82 Å². The van der Waals surface area contributed by atoms with E-state index in [-0.39, 0.29) is 23.3 Å². The molecule has 0 unspecified atom stereocenters. The molecule has 22 heavy (non-hydrogen) atoms. The van der Waals surface area contributed by atoms with Gasteiger partial charge in [0.15, 0.2) is 11.6 Å². The van der Waals surface area contributed by atoms with Crippen molar-refractivity contribution in [1.29, 1.82) is 0 Å². The molecular weight excluding hydrogens is 345 g/mol. The van der Waals surface area contributed by atoms with Crippen molar-refractivity contribution >= 4 is 22.4 Å². The molecule has 1 heterocycles. The molecule has 1 fully saturated rings. The first kappa shape index (κ1) is 19.0. The van der Waals surface area contributed by atoms with E-state index in [9.17, 15) is 21.6 Å². The third-order valence-corrected chi connectivity index (χ3v) is 4.57. The minimum absolute atomic E-state index is 0. The summed E-state index contributed by atoms with van der Waals surface area (Å²) in [7, 11) is -3.90. The molecule has 2 rings (SSSR count). The molecule has 0 saturated carbocycles. The zero-order chi connectivity index (χ0) is 15.5. The third-order valence-electron chi connectivity index (χ3n) is 3.05. The van der Waals surface area contributed by atoms with Gasteiger partial charge in [0.05, 0.1) is 4.90 Å². The van der Waals surface area contributed by atoms with Crippen molar-refractivity contribution < 1.29 is 26.3 Å². The number of nitrogens with one attached hydrogen (secondary N) is 2. The van der Waals surface area contributed by atoms with E-state index in [1.807, 2.05) is 0 Å². The van der Waals surface area contributed by atoms with Crippen molar-refractivity contribution in [3.8, 4) is 5.75 Å². The molecule has 126 valence electrons. The molecule has 0 aromatic heterocycles. The van der Waals surface area contributed by atoms with E-state index >= 15 is 0 Å². The molecule has 0 bridgehead atoms. The first-order valence-electron chi connectivity index (χ1n) is 6.36. The third kappa shape index (κ3) is 5.01. The fraction of sp³-hybridized carbons (Fsp3) is 0.500. The topological polar surface area (TPSA) is 67.4 Å². The smallest absolute Gasteiger partial charge is 0.387 e. The van der Waals surface area contributed by atoms with Gasteiger partial charge in [-0.1, -0.05) is 0 Å². The maximum absolute atomic E-state index is 13.6. The van der Waals surface area contributed by atoms with Gasteiger partial charge in [-0.2, -0.15) is 8.78 Å². The number of benzene rings is 1. The monoisotopic (exact) mass is 360 g/mol. The Morgan fingerprint density at radius 2 is 2.09 bits per heavy atom. The SMILES string of the molecule is Cl.O=S(=O)(N[C@H]1CCCNC1)c1ccc(OC(F)F)c(F)c1. The molecule has 0 spiro atoms. The van der Waals surface area contributed by atoms with Crippen LogP contribution in [0.15, 0.2) is 23.1 Å². The van der Waals surface area contributed by atoms with Crippen LogP contribution in [0.2, 0.25) is 0 Å². The number of ether oxygens (including phenoxy) is 1. The number of piperidine rings is 1. The first-order chi connectivity index (χ1) is 9.88. The number of alkyl halides is 2. The van der Waals surface area contributed by atoms with Crippen LogP contribution >= 0.6 is 12.4 Å². The lowest BCUT2D eigenvalue weighted by Gasteiger charge is -2.23. The number of sulfonamides is 1. The maximum atomic E-state index is 13.6. The molecule has 2 N–H and O–H groups in total. The Hall–Kier alpha value is -1.03. The number of halogens is 4. The highest BCUT2D eigenvalue weighted by molar-refractivity contribution is 7.89. The molecule has 0 aliphatic carbocycles. The fourth-order valence-corrected chi connectivity index (χ4v) is 3.36. The zero-order valence-electron chi connectivity index (χ0n) is 11.4. The van der Waals surface area contributed by atoms with Crippen LogP contribution in [0.5, 0.6) is 5.75 Å². The fourth-order valence-electron chi connectivity index (χ4n) is 2.08. The summed E-state index contributed by atoms with van der Waals surface area (Å²) in [6.07, 6.45) is 1.52. The quantitative estimate of drug-likeness (QED) is 0.841. The summed E-state index contributed by atoms with van der Waals surface area (Å²) in [5.74, 6) is -1.84. The Morgan fingerprint density at radius 1 is 1.36 bits per heavy atom. The Morgan fingerprint density at radius 3 is 2.64 bits per heavy atom. The maximum Gasteiger partial charge on any atom is 0.387 e. The van der Waals surface area contributed by atoms with Crippen LogP contribution in [0.3, 0.4) is 0 Å². The minimum atomic E-state index is -3.90. The van der Waals surface area contributed by atoms with Crippen molar-refractivity contribution in [3.63, 3.8) is 0 Å². The van der Waals surface area contributed by atoms with Gasteiger partial charge in [0.25, 0.3) is 0 Å². The van der Waals surface area contributed by atoms with E-state index in [1.54, 1.807) is 0 Å². The second-order valence-electron chi connectivity index (χ2n) is 4.64. The number of hydrogen-bond acceptors (Lipinski definition) is 4. The molecule has 1 saturated heterocycles. The van der Waals surface area contributed by atoms with Crippen LogP contribution in [0.4, 0.5) is 13.2 Å². The van der Waals surface area contributed by atoms with E-state index in [0.29, 0.717) is 19.0 Å². The van der Waals surface area contributed by atoms with E-state index in [4.69, 9.17) is 0 Å². The van der Waals surface area contributed by atoms with Crippen molar-refractivity contribution in [2.24, 2.45) is 0 Å². The predicted molar refractivity (Wildman–Crippen MR) is 76.5 cm³/mol. The summed E-state index contributed by atoms with van der Waals surface area (Å²) in [6, 6.07) is 2.29. The molecule has 1 atom stereocenters. The van der Waals surface area contributed by atoms with Crippen molar-refractivity contribution in [2.75, 3.05) is 13.1 Å². The Balaban J connectivity index is 0.00000242. The van der Waals surface area contributed by atoms with Crippen LogP contribution in [-0.2, 0) is 10.0 Å². The average molecular weight is 361 g/mol. The molecule has 5 nitrogen and oxygen atoms in total. The van der Waals surface area contributed by atoms with Crippen molar-refractivity contribution in [3.05, 3.63) is 24.0 Å². The lowest BCUT2D eigenvalue weighted by Crippen LogP contribution is -2.45. The molecule has 10 heteroatoms. The van der Waals surface area contributed by atoms with E-state index in [2.05, 4.69) is 14.8 Å². The summed E-state index contributed by atoms with van der Waals surface area (Å²) in [5, 5.41) is 3.05. The van der Waals surface area contributed by atoms with Gasteiger partial charge in [-0.15, -0.1) is 12.4 Å². The second kappa shape index (κ2) is 8.00. The molecule has 0 amide bonds. The molecule has 1 aliphatic rings. The van der Waals surface area contributed by atoms with Gasteiger partial charge >= 0.3 is 6.61 Å². The predicted octanol–water partition coefficient (Wildman–Crippen LogP) is 1.88. The second-order valence-corrected chi connectivity index (χ2v) is 6.35. The summed E-state index contributed by atoms with van der Waals surface area (Å²) < 4.78 is 68.2. The highest BCUT2D eigenvalue weighted by Gasteiger charge is 2.23. The summed E-state index contributed by atoms with van der Waals surface area (Å²) in [5.41, 5.74) is 0. The van der Waals surface area contributed by atoms with Crippen molar-refractivity contribution in [1.82, 2.24) is 10.0 Å². The number of rotatable bonds is 5. The van der Waals surface area contributed by atoms with Crippen LogP contribution < -0.4 is 14.8 Å². The first-order valence-corrected chi connectivity index (χ1v) is 7.84. The van der Waals surface area contributed by atoms with Crippen LogP contribution in [0.1, 0.15) is 12.8 Å². The summed E-state index contributed by atoms with van der Waals surface area (Å²) in [4.78, 5) is -0.327. The van der Waals surface area contributed by atoms with E-state index in [0.717, 1.165) is 25.1 Å². The Kier molecular flexibility index (Phi) is 6.92. The summed E-state index contributed by atoms with van der Waals surface area (Å²) in [6.45, 7) is -1.85. The van der Waals surface area contributed by atoms with Gasteiger partial charge in [0.2, 0.25) is 10.0 Å². The lowest BCUT2D eigenvalue weighted by atomic mass is 10.1. The molecule has 1 aromatic rings. The van der Waals surface area contributed by atoms with Gasteiger partial charge in [-0.3, -0.25) is 0 Å². The largest absolute Gasteiger partial charge is 0.432 e. The standard InChI is InChI=1S/C12H15F3N2O3S.ClH/c13-10-6-9(3-4-11(10)20-12(14)15)21(18,19)17-8-2-1-5-16-7-8;/h3-4,6,8,12,16-17H,1-2,5,7H2;1H/t8-;/m0./s1. The van der Waals surface area contributed by atoms with Gasteiger partial charge in [-0.25, -0.2) is 17.5 Å².